The van der Waals surface area contributed by atoms with Crippen molar-refractivity contribution in [3.63, 3.8) is 0 Å². The Morgan fingerprint density at radius 1 is 1.05 bits per heavy atom. The number of benzene rings is 2. The fourth-order valence-corrected chi connectivity index (χ4v) is 5.45. The molecular formula is C31H29FN6OS. The summed E-state index contributed by atoms with van der Waals surface area (Å²) in [6.45, 7) is 4.07. The summed E-state index contributed by atoms with van der Waals surface area (Å²) in [6, 6.07) is 19.1. The third kappa shape index (κ3) is 5.65. The summed E-state index contributed by atoms with van der Waals surface area (Å²) in [5.74, 6) is 0.821. The number of thiophene rings is 1. The molecule has 9 heteroatoms. The van der Waals surface area contributed by atoms with Crippen LogP contribution in [0.1, 0.15) is 52.2 Å². The van der Waals surface area contributed by atoms with Gasteiger partial charge in [-0.25, -0.2) is 19.3 Å². The minimum atomic E-state index is -0.358. The van der Waals surface area contributed by atoms with Crippen LogP contribution in [0.2, 0.25) is 0 Å². The van der Waals surface area contributed by atoms with Crippen molar-refractivity contribution in [1.29, 1.82) is 0 Å². The van der Waals surface area contributed by atoms with Crippen molar-refractivity contribution in [3.05, 3.63) is 101 Å². The average Bonchev–Trinajstić information content (AvgIpc) is 3.66. The molecule has 0 aliphatic heterocycles. The van der Waals surface area contributed by atoms with E-state index in [9.17, 15) is 9.18 Å². The van der Waals surface area contributed by atoms with E-state index < -0.39 is 0 Å². The molecule has 6 rings (SSSR count). The monoisotopic (exact) mass is 552 g/mol. The van der Waals surface area contributed by atoms with Gasteiger partial charge in [0.15, 0.2) is 0 Å². The molecule has 1 saturated carbocycles. The molecule has 0 bridgehead atoms. The Labute approximate surface area is 235 Å². The molecule has 1 aliphatic rings. The van der Waals surface area contributed by atoms with Gasteiger partial charge in [-0.3, -0.25) is 4.79 Å². The standard InChI is InChI=1S/C31H29FN6OS/c1-18-5-6-20(15-26(18)32)19(2)37-31(39)24-4-3-13-33-29(24)34-16-23-10-12-28(40-23)21-7-11-27-25(14-21)30(36-17-35-27)38-22-8-9-22/h3-7,10-15,17,19,22H,8-9,16H2,1-2H3,(H,33,34)(H,37,39)(H,35,36,38)/t19-/m0/s1. The third-order valence-electron chi connectivity index (χ3n) is 7.03. The lowest BCUT2D eigenvalue weighted by molar-refractivity contribution is 0.0940. The van der Waals surface area contributed by atoms with Crippen molar-refractivity contribution < 1.29 is 9.18 Å². The molecule has 3 aromatic heterocycles. The van der Waals surface area contributed by atoms with Crippen LogP contribution < -0.4 is 16.0 Å². The molecule has 2 aromatic carbocycles. The zero-order chi connectivity index (χ0) is 27.6. The minimum absolute atomic E-state index is 0.273. The summed E-state index contributed by atoms with van der Waals surface area (Å²) in [6.07, 6.45) is 5.62. The van der Waals surface area contributed by atoms with E-state index in [1.165, 1.54) is 18.9 Å². The number of halogens is 1. The fraction of sp³-hybridized carbons (Fsp3) is 0.226. The first-order valence-electron chi connectivity index (χ1n) is 13.3. The summed E-state index contributed by atoms with van der Waals surface area (Å²) in [5, 5.41) is 10.8. The number of hydrogen-bond acceptors (Lipinski definition) is 7. The maximum atomic E-state index is 14.0. The number of aryl methyl sites for hydroxylation is 1. The predicted octanol–water partition coefficient (Wildman–Crippen LogP) is 6.88. The van der Waals surface area contributed by atoms with Gasteiger partial charge in [0.2, 0.25) is 0 Å². The predicted molar refractivity (Wildman–Crippen MR) is 158 cm³/mol. The van der Waals surface area contributed by atoms with Gasteiger partial charge in [-0.2, -0.15) is 0 Å². The Morgan fingerprint density at radius 3 is 2.75 bits per heavy atom. The maximum Gasteiger partial charge on any atom is 0.255 e. The highest BCUT2D eigenvalue weighted by Crippen LogP contribution is 2.33. The van der Waals surface area contributed by atoms with Crippen molar-refractivity contribution in [3.8, 4) is 10.4 Å². The molecule has 0 radical (unpaired) electrons. The van der Waals surface area contributed by atoms with Crippen LogP contribution in [-0.2, 0) is 6.54 Å². The van der Waals surface area contributed by atoms with Crippen molar-refractivity contribution in [2.45, 2.75) is 45.3 Å². The Kier molecular flexibility index (Phi) is 7.13. The third-order valence-corrected chi connectivity index (χ3v) is 8.16. The number of amides is 1. The quantitative estimate of drug-likeness (QED) is 0.185. The molecule has 1 atom stereocenters. The van der Waals surface area contributed by atoms with Gasteiger partial charge in [0, 0.05) is 27.4 Å². The van der Waals surface area contributed by atoms with Gasteiger partial charge < -0.3 is 16.0 Å². The second kappa shape index (κ2) is 11.0. The Hall–Kier alpha value is -4.37. The van der Waals surface area contributed by atoms with Gasteiger partial charge in [0.05, 0.1) is 23.7 Å². The first-order chi connectivity index (χ1) is 19.4. The van der Waals surface area contributed by atoms with Gasteiger partial charge >= 0.3 is 0 Å². The summed E-state index contributed by atoms with van der Waals surface area (Å²) < 4.78 is 14.0. The number of rotatable bonds is 9. The molecule has 0 spiro atoms. The smallest absolute Gasteiger partial charge is 0.255 e. The summed E-state index contributed by atoms with van der Waals surface area (Å²) in [7, 11) is 0. The van der Waals surface area contributed by atoms with E-state index >= 15 is 0 Å². The van der Waals surface area contributed by atoms with Crippen molar-refractivity contribution in [1.82, 2.24) is 20.3 Å². The van der Waals surface area contributed by atoms with E-state index in [2.05, 4.69) is 55.2 Å². The van der Waals surface area contributed by atoms with Crippen LogP contribution in [0.5, 0.6) is 0 Å². The normalized spacial score (nSPS) is 13.7. The van der Waals surface area contributed by atoms with Crippen LogP contribution >= 0.6 is 11.3 Å². The van der Waals surface area contributed by atoms with E-state index in [1.54, 1.807) is 49.0 Å². The number of fused-ring (bicyclic) bond motifs is 1. The second-order valence-corrected chi connectivity index (χ2v) is 11.3. The highest BCUT2D eigenvalue weighted by Gasteiger charge is 2.22. The van der Waals surface area contributed by atoms with E-state index in [1.807, 2.05) is 19.1 Å². The summed E-state index contributed by atoms with van der Waals surface area (Å²) in [4.78, 5) is 28.7. The Balaban J connectivity index is 1.15. The molecule has 3 heterocycles. The van der Waals surface area contributed by atoms with Crippen LogP contribution in [0, 0.1) is 12.7 Å². The molecule has 1 aliphatic carbocycles. The molecule has 202 valence electrons. The number of anilines is 2. The van der Waals surface area contributed by atoms with E-state index in [4.69, 9.17) is 0 Å². The van der Waals surface area contributed by atoms with Crippen LogP contribution in [0.3, 0.4) is 0 Å². The highest BCUT2D eigenvalue weighted by atomic mass is 32.1. The van der Waals surface area contributed by atoms with Gasteiger partial charge in [0.25, 0.3) is 5.91 Å². The molecule has 7 nitrogen and oxygen atoms in total. The molecule has 0 saturated heterocycles. The van der Waals surface area contributed by atoms with Crippen LogP contribution in [0.4, 0.5) is 16.0 Å². The zero-order valence-electron chi connectivity index (χ0n) is 22.2. The number of aromatic nitrogens is 3. The lowest BCUT2D eigenvalue weighted by atomic mass is 10.1. The van der Waals surface area contributed by atoms with Gasteiger partial charge in [0.1, 0.15) is 23.8 Å². The second-order valence-electron chi connectivity index (χ2n) is 10.1. The first-order valence-corrected chi connectivity index (χ1v) is 14.1. The fourth-order valence-electron chi connectivity index (χ4n) is 4.51. The zero-order valence-corrected chi connectivity index (χ0v) is 23.1. The minimum Gasteiger partial charge on any atom is -0.367 e. The number of hydrogen-bond donors (Lipinski definition) is 3. The van der Waals surface area contributed by atoms with Gasteiger partial charge in [-0.05, 0) is 85.8 Å². The highest BCUT2D eigenvalue weighted by molar-refractivity contribution is 7.15. The van der Waals surface area contributed by atoms with Crippen molar-refractivity contribution in [2.75, 3.05) is 10.6 Å². The molecule has 1 amide bonds. The number of nitrogens with one attached hydrogen (secondary N) is 3. The number of pyridine rings is 1. The maximum absolute atomic E-state index is 14.0. The number of nitrogens with zero attached hydrogens (tertiary/aromatic N) is 3. The van der Waals surface area contributed by atoms with Crippen molar-refractivity contribution in [2.24, 2.45) is 0 Å². The topological polar surface area (TPSA) is 91.8 Å². The van der Waals surface area contributed by atoms with Crippen molar-refractivity contribution >= 4 is 39.8 Å². The van der Waals surface area contributed by atoms with Crippen LogP contribution in [0.25, 0.3) is 21.3 Å². The van der Waals surface area contributed by atoms with Crippen LogP contribution in [-0.4, -0.2) is 26.9 Å². The van der Waals surface area contributed by atoms with Gasteiger partial charge in [-0.1, -0.05) is 18.2 Å². The lowest BCUT2D eigenvalue weighted by Gasteiger charge is -2.16. The summed E-state index contributed by atoms with van der Waals surface area (Å²) in [5.41, 5.74) is 3.74. The van der Waals surface area contributed by atoms with E-state index in [0.29, 0.717) is 35.1 Å². The lowest BCUT2D eigenvalue weighted by Crippen LogP contribution is -2.27. The molecule has 1 fully saturated rings. The SMILES string of the molecule is Cc1ccc([C@H](C)NC(=O)c2cccnc2NCc2ccc(-c3ccc4ncnc(NC5CC5)c4c3)s2)cc1F. The van der Waals surface area contributed by atoms with Crippen LogP contribution in [0.15, 0.2) is 73.2 Å². The molecule has 40 heavy (non-hydrogen) atoms. The average molecular weight is 553 g/mol. The number of carbonyl (C=O) groups excluding carboxylic acids is 1. The number of carbonyl (C=O) groups is 1. The summed E-state index contributed by atoms with van der Waals surface area (Å²) >= 11 is 1.68. The molecule has 3 N–H and O–H groups in total. The Morgan fingerprint density at radius 2 is 1.93 bits per heavy atom. The van der Waals surface area contributed by atoms with E-state index in [0.717, 1.165) is 32.0 Å². The molecule has 0 unspecified atom stereocenters. The molecule has 5 aromatic rings. The Bertz CT molecular complexity index is 1700. The molecular weight excluding hydrogens is 523 g/mol. The first kappa shape index (κ1) is 25.9. The largest absolute Gasteiger partial charge is 0.367 e. The van der Waals surface area contributed by atoms with Gasteiger partial charge in [-0.15, -0.1) is 11.3 Å². The van der Waals surface area contributed by atoms with E-state index in [-0.39, 0.29) is 17.8 Å².